The molecule has 10 nitrogen and oxygen atoms in total. The summed E-state index contributed by atoms with van der Waals surface area (Å²) in [4.78, 5) is 33.0. The van der Waals surface area contributed by atoms with Crippen molar-refractivity contribution in [3.8, 4) is 33.9 Å². The number of H-pyrrole nitrogens is 2. The van der Waals surface area contributed by atoms with E-state index >= 15 is 4.39 Å². The van der Waals surface area contributed by atoms with Crippen molar-refractivity contribution in [3.63, 3.8) is 0 Å². The van der Waals surface area contributed by atoms with Crippen molar-refractivity contribution in [1.82, 2.24) is 35.1 Å². The third-order valence-corrected chi connectivity index (χ3v) is 5.94. The summed E-state index contributed by atoms with van der Waals surface area (Å²) in [5.74, 6) is -0.420. The number of amides is 1. The first-order valence-corrected chi connectivity index (χ1v) is 11.5. The smallest absolute Gasteiger partial charge is 0.229 e. The number of halogens is 1. The second-order valence-electron chi connectivity index (χ2n) is 9.60. The number of hydrogen-bond donors (Lipinski definition) is 3. The zero-order valence-electron chi connectivity index (χ0n) is 20.1. The number of nitrogens with one attached hydrogen (secondary N) is 3. The van der Waals surface area contributed by atoms with Crippen LogP contribution in [0.1, 0.15) is 20.8 Å². The van der Waals surface area contributed by atoms with Crippen molar-refractivity contribution in [3.05, 3.63) is 61.3 Å². The number of anilines is 1. The number of carbonyl (C=O) groups excluding carboxylic acids is 1. The Bertz CT molecular complexity index is 1780. The molecule has 0 saturated carbocycles. The van der Waals surface area contributed by atoms with E-state index in [0.29, 0.717) is 33.8 Å². The van der Waals surface area contributed by atoms with Crippen LogP contribution in [0.2, 0.25) is 0 Å². The van der Waals surface area contributed by atoms with Gasteiger partial charge in [0.1, 0.15) is 11.4 Å². The fourth-order valence-electron chi connectivity index (χ4n) is 3.99. The predicted octanol–water partition coefficient (Wildman–Crippen LogP) is 5.34. The van der Waals surface area contributed by atoms with Crippen LogP contribution in [-0.2, 0) is 4.79 Å². The summed E-state index contributed by atoms with van der Waals surface area (Å²) in [6, 6.07) is 5.32. The first kappa shape index (κ1) is 22.5. The van der Waals surface area contributed by atoms with E-state index in [2.05, 4.69) is 40.4 Å². The van der Waals surface area contributed by atoms with E-state index in [1.807, 2.05) is 12.1 Å². The standard InChI is InChI=1S/C26H21FN8O2/c1-26(2,3)25(36)31-15-8-14(9-28-10-15)20-19(27)18-17(11-30-20)34-35-22(18)24-32-21-16(13-5-7-37-12-13)4-6-29-23(21)33-24/h4-12H,1-3H3,(H,31,36)(H,34,35)(H,29,32,33). The van der Waals surface area contributed by atoms with Crippen molar-refractivity contribution in [1.29, 1.82) is 0 Å². The lowest BCUT2D eigenvalue weighted by Gasteiger charge is -2.17. The molecule has 0 radical (unpaired) electrons. The maximum atomic E-state index is 16.0. The molecule has 0 aliphatic rings. The number of rotatable bonds is 4. The lowest BCUT2D eigenvalue weighted by atomic mass is 9.95. The molecule has 1 amide bonds. The molecule has 0 bridgehead atoms. The zero-order valence-corrected chi connectivity index (χ0v) is 20.1. The summed E-state index contributed by atoms with van der Waals surface area (Å²) in [6.07, 6.45) is 9.37. The van der Waals surface area contributed by atoms with Gasteiger partial charge in [0.25, 0.3) is 0 Å². The molecule has 6 aromatic heterocycles. The normalized spacial score (nSPS) is 11.9. The Labute approximate surface area is 209 Å². The highest BCUT2D eigenvalue weighted by Gasteiger charge is 2.23. The van der Waals surface area contributed by atoms with Crippen LogP contribution in [0.4, 0.5) is 10.1 Å². The van der Waals surface area contributed by atoms with Gasteiger partial charge in [-0.05, 0) is 18.2 Å². The Balaban J connectivity index is 1.44. The number of furan rings is 1. The van der Waals surface area contributed by atoms with E-state index in [9.17, 15) is 4.79 Å². The largest absolute Gasteiger partial charge is 0.472 e. The summed E-state index contributed by atoms with van der Waals surface area (Å²) in [5.41, 5.74) is 3.88. The molecule has 11 heteroatoms. The highest BCUT2D eigenvalue weighted by Crippen LogP contribution is 2.34. The fraction of sp³-hybridized carbons (Fsp3) is 0.154. The molecule has 184 valence electrons. The Hall–Kier alpha value is -4.93. The molecule has 0 aromatic carbocycles. The van der Waals surface area contributed by atoms with Gasteiger partial charge < -0.3 is 14.7 Å². The van der Waals surface area contributed by atoms with Crippen molar-refractivity contribution < 1.29 is 13.6 Å². The van der Waals surface area contributed by atoms with E-state index in [4.69, 9.17) is 4.42 Å². The fourth-order valence-corrected chi connectivity index (χ4v) is 3.99. The summed E-state index contributed by atoms with van der Waals surface area (Å²) >= 11 is 0. The lowest BCUT2D eigenvalue weighted by molar-refractivity contribution is -0.123. The molecule has 0 unspecified atom stereocenters. The first-order chi connectivity index (χ1) is 17.8. The molecule has 0 fully saturated rings. The monoisotopic (exact) mass is 496 g/mol. The number of pyridine rings is 3. The number of fused-ring (bicyclic) bond motifs is 2. The van der Waals surface area contributed by atoms with Crippen LogP contribution >= 0.6 is 0 Å². The van der Waals surface area contributed by atoms with Crippen LogP contribution in [0.3, 0.4) is 0 Å². The van der Waals surface area contributed by atoms with Crippen molar-refractivity contribution in [2.24, 2.45) is 5.41 Å². The van der Waals surface area contributed by atoms with Gasteiger partial charge in [-0.1, -0.05) is 20.8 Å². The van der Waals surface area contributed by atoms with E-state index in [-0.39, 0.29) is 22.7 Å². The highest BCUT2D eigenvalue weighted by molar-refractivity contribution is 5.98. The highest BCUT2D eigenvalue weighted by atomic mass is 19.1. The minimum Gasteiger partial charge on any atom is -0.472 e. The van der Waals surface area contributed by atoms with Gasteiger partial charge in [0, 0.05) is 34.5 Å². The SMILES string of the molecule is CC(C)(C)C(=O)Nc1cncc(-c2ncc3[nH]nc(-c4nc5nccc(-c6ccoc6)c5[nH]4)c3c2F)c1. The molecule has 6 rings (SSSR count). The van der Waals surface area contributed by atoms with Crippen molar-refractivity contribution in [2.45, 2.75) is 20.8 Å². The molecule has 0 atom stereocenters. The van der Waals surface area contributed by atoms with E-state index in [0.717, 1.165) is 11.1 Å². The average Bonchev–Trinajstić information content (AvgIpc) is 3.63. The van der Waals surface area contributed by atoms with E-state index < -0.39 is 11.2 Å². The molecule has 6 heterocycles. The second kappa shape index (κ2) is 8.33. The quantitative estimate of drug-likeness (QED) is 0.299. The van der Waals surface area contributed by atoms with Crippen LogP contribution in [0.5, 0.6) is 0 Å². The third-order valence-electron chi connectivity index (χ3n) is 5.94. The minimum atomic E-state index is -0.594. The predicted molar refractivity (Wildman–Crippen MR) is 136 cm³/mol. The third kappa shape index (κ3) is 3.90. The van der Waals surface area contributed by atoms with Gasteiger partial charge >= 0.3 is 0 Å². The summed E-state index contributed by atoms with van der Waals surface area (Å²) in [7, 11) is 0. The Morgan fingerprint density at radius 1 is 1.08 bits per heavy atom. The molecule has 0 saturated heterocycles. The molecule has 0 aliphatic carbocycles. The Morgan fingerprint density at radius 3 is 2.73 bits per heavy atom. The summed E-state index contributed by atoms with van der Waals surface area (Å²) < 4.78 is 21.2. The van der Waals surface area contributed by atoms with Crippen LogP contribution in [0.15, 0.2) is 59.9 Å². The molecule has 6 aromatic rings. The Kier molecular flexibility index (Phi) is 5.07. The maximum Gasteiger partial charge on any atom is 0.229 e. The van der Waals surface area contributed by atoms with Gasteiger partial charge in [0.2, 0.25) is 5.91 Å². The van der Waals surface area contributed by atoms with Crippen LogP contribution < -0.4 is 5.32 Å². The van der Waals surface area contributed by atoms with Crippen LogP contribution in [-0.4, -0.2) is 41.0 Å². The van der Waals surface area contributed by atoms with Crippen LogP contribution in [0.25, 0.3) is 56.0 Å². The number of hydrogen-bond acceptors (Lipinski definition) is 7. The zero-order chi connectivity index (χ0) is 25.7. The molecule has 37 heavy (non-hydrogen) atoms. The molecular formula is C26H21FN8O2. The Morgan fingerprint density at radius 2 is 1.95 bits per heavy atom. The number of aromatic amines is 2. The molecule has 0 aliphatic heterocycles. The second-order valence-corrected chi connectivity index (χ2v) is 9.60. The lowest BCUT2D eigenvalue weighted by Crippen LogP contribution is -2.27. The van der Waals surface area contributed by atoms with Crippen LogP contribution in [0, 0.1) is 11.2 Å². The van der Waals surface area contributed by atoms with Gasteiger partial charge in [-0.25, -0.2) is 14.4 Å². The van der Waals surface area contributed by atoms with Gasteiger partial charge in [-0.2, -0.15) is 5.10 Å². The van der Waals surface area contributed by atoms with Gasteiger partial charge in [-0.15, -0.1) is 0 Å². The molecular weight excluding hydrogens is 475 g/mol. The number of carbonyl (C=O) groups is 1. The summed E-state index contributed by atoms with van der Waals surface area (Å²) in [5, 5.41) is 10.2. The molecule has 0 spiro atoms. The number of aromatic nitrogens is 7. The van der Waals surface area contributed by atoms with Gasteiger partial charge in [0.15, 0.2) is 17.3 Å². The minimum absolute atomic E-state index is 0.0721. The van der Waals surface area contributed by atoms with Crippen molar-refractivity contribution in [2.75, 3.05) is 5.32 Å². The first-order valence-electron chi connectivity index (χ1n) is 11.5. The average molecular weight is 497 g/mol. The van der Waals surface area contributed by atoms with Crippen molar-refractivity contribution >= 4 is 33.7 Å². The van der Waals surface area contributed by atoms with Gasteiger partial charge in [-0.3, -0.25) is 19.9 Å². The number of nitrogens with zero attached hydrogens (tertiary/aromatic N) is 5. The maximum absolute atomic E-state index is 16.0. The van der Waals surface area contributed by atoms with E-state index in [1.165, 1.54) is 18.6 Å². The number of imidazole rings is 1. The topological polar surface area (TPSA) is 138 Å². The van der Waals surface area contributed by atoms with Gasteiger partial charge in [0.05, 0.1) is 47.0 Å². The molecule has 3 N–H and O–H groups in total. The van der Waals surface area contributed by atoms with E-state index in [1.54, 1.807) is 45.6 Å². The summed E-state index contributed by atoms with van der Waals surface area (Å²) in [6.45, 7) is 5.42.